The van der Waals surface area contributed by atoms with E-state index in [2.05, 4.69) is 34.8 Å². The third-order valence-corrected chi connectivity index (χ3v) is 3.60. The normalized spacial score (nSPS) is 12.7. The Morgan fingerprint density at radius 1 is 1.10 bits per heavy atom. The summed E-state index contributed by atoms with van der Waals surface area (Å²) in [6.07, 6.45) is 0.818. The van der Waals surface area contributed by atoms with Gasteiger partial charge in [0.1, 0.15) is 0 Å². The third kappa shape index (κ3) is 2.31. The summed E-state index contributed by atoms with van der Waals surface area (Å²) in [7, 11) is 1.96. The lowest BCUT2D eigenvalue weighted by molar-refractivity contribution is 0.532. The molecule has 1 atom stereocenters. The van der Waals surface area contributed by atoms with Gasteiger partial charge in [-0.05, 0) is 18.1 Å². The van der Waals surface area contributed by atoms with Crippen LogP contribution in [0.5, 0.6) is 0 Å². The molecule has 0 aliphatic carbocycles. The predicted octanol–water partition coefficient (Wildman–Crippen LogP) is 2.32. The highest BCUT2D eigenvalue weighted by atomic mass is 15.3. The summed E-state index contributed by atoms with van der Waals surface area (Å²) in [4.78, 5) is 0. The number of nitrogens with two attached hydrogens (primary N) is 1. The average molecular weight is 266 g/mol. The lowest BCUT2D eigenvalue weighted by Gasteiger charge is -2.14. The van der Waals surface area contributed by atoms with Crippen molar-refractivity contribution in [2.75, 3.05) is 0 Å². The van der Waals surface area contributed by atoms with Gasteiger partial charge in [-0.2, -0.15) is 5.10 Å². The number of para-hydroxylation sites is 1. The fourth-order valence-electron chi connectivity index (χ4n) is 2.58. The molecule has 1 aromatic heterocycles. The van der Waals surface area contributed by atoms with Crippen molar-refractivity contribution in [2.45, 2.75) is 12.5 Å². The van der Waals surface area contributed by atoms with Gasteiger partial charge in [-0.1, -0.05) is 48.5 Å². The maximum atomic E-state index is 5.75. The van der Waals surface area contributed by atoms with E-state index < -0.39 is 0 Å². The van der Waals surface area contributed by atoms with Crippen molar-refractivity contribution in [3.8, 4) is 0 Å². The molecule has 0 spiro atoms. The number of hydrazine groups is 1. The van der Waals surface area contributed by atoms with Crippen LogP contribution < -0.4 is 11.3 Å². The molecule has 0 fully saturated rings. The first-order chi connectivity index (χ1) is 9.79. The van der Waals surface area contributed by atoms with Gasteiger partial charge in [0.05, 0.1) is 17.3 Å². The van der Waals surface area contributed by atoms with E-state index in [9.17, 15) is 0 Å². The highest BCUT2D eigenvalue weighted by molar-refractivity contribution is 5.82. The zero-order chi connectivity index (χ0) is 13.9. The van der Waals surface area contributed by atoms with Crippen LogP contribution in [0.4, 0.5) is 0 Å². The summed E-state index contributed by atoms with van der Waals surface area (Å²) < 4.78 is 1.90. The molecular weight excluding hydrogens is 248 g/mol. The molecule has 2 aromatic carbocycles. The molecule has 3 aromatic rings. The summed E-state index contributed by atoms with van der Waals surface area (Å²) in [6.45, 7) is 0. The highest BCUT2D eigenvalue weighted by Crippen LogP contribution is 2.25. The summed E-state index contributed by atoms with van der Waals surface area (Å²) in [5.41, 5.74) is 6.25. The number of nitrogens with zero attached hydrogens (tertiary/aromatic N) is 2. The van der Waals surface area contributed by atoms with Gasteiger partial charge in [-0.3, -0.25) is 16.0 Å². The standard InChI is InChI=1S/C16H18N4/c1-20-15-10-6-5-9-13(15)16(19-20)14(18-17)11-12-7-3-2-4-8-12/h2-10,14,18H,11,17H2,1H3. The topological polar surface area (TPSA) is 55.9 Å². The molecule has 0 saturated heterocycles. The van der Waals surface area contributed by atoms with Crippen LogP contribution >= 0.6 is 0 Å². The minimum absolute atomic E-state index is 0.00324. The second-order valence-corrected chi connectivity index (χ2v) is 4.93. The molecule has 0 saturated carbocycles. The van der Waals surface area contributed by atoms with E-state index in [1.165, 1.54) is 5.56 Å². The van der Waals surface area contributed by atoms with E-state index in [1.807, 2.05) is 42.1 Å². The van der Waals surface area contributed by atoms with Crippen LogP contribution in [0.25, 0.3) is 10.9 Å². The third-order valence-electron chi connectivity index (χ3n) is 3.60. The van der Waals surface area contributed by atoms with Crippen molar-refractivity contribution >= 4 is 10.9 Å². The number of fused-ring (bicyclic) bond motifs is 1. The molecule has 102 valence electrons. The molecule has 3 rings (SSSR count). The van der Waals surface area contributed by atoms with Crippen LogP contribution in [-0.4, -0.2) is 9.78 Å². The number of aryl methyl sites for hydroxylation is 1. The van der Waals surface area contributed by atoms with Gasteiger partial charge in [0.15, 0.2) is 0 Å². The van der Waals surface area contributed by atoms with Crippen LogP contribution in [0.2, 0.25) is 0 Å². The number of nitrogens with one attached hydrogen (secondary N) is 1. The molecule has 1 unspecified atom stereocenters. The molecule has 1 heterocycles. The first-order valence-electron chi connectivity index (χ1n) is 6.71. The van der Waals surface area contributed by atoms with E-state index in [1.54, 1.807) is 0 Å². The lowest BCUT2D eigenvalue weighted by atomic mass is 10.0. The Bertz CT molecular complexity index is 703. The average Bonchev–Trinajstić information content (AvgIpc) is 2.84. The van der Waals surface area contributed by atoms with Crippen molar-refractivity contribution in [1.82, 2.24) is 15.2 Å². The van der Waals surface area contributed by atoms with Gasteiger partial charge in [0.2, 0.25) is 0 Å². The van der Waals surface area contributed by atoms with Crippen molar-refractivity contribution in [1.29, 1.82) is 0 Å². The lowest BCUT2D eigenvalue weighted by Crippen LogP contribution is -2.30. The molecule has 0 bridgehead atoms. The Balaban J connectivity index is 1.99. The number of rotatable bonds is 4. The molecule has 0 amide bonds. The van der Waals surface area contributed by atoms with Crippen LogP contribution in [-0.2, 0) is 13.5 Å². The Morgan fingerprint density at radius 3 is 2.55 bits per heavy atom. The fraction of sp³-hybridized carbons (Fsp3) is 0.188. The smallest absolute Gasteiger partial charge is 0.0889 e. The van der Waals surface area contributed by atoms with Crippen molar-refractivity contribution in [2.24, 2.45) is 12.9 Å². The molecule has 0 radical (unpaired) electrons. The Kier molecular flexibility index (Phi) is 3.50. The van der Waals surface area contributed by atoms with Crippen LogP contribution in [0.15, 0.2) is 54.6 Å². The minimum atomic E-state index is 0.00324. The molecule has 4 nitrogen and oxygen atoms in total. The number of benzene rings is 2. The van der Waals surface area contributed by atoms with Gasteiger partial charge in [-0.15, -0.1) is 0 Å². The summed E-state index contributed by atoms with van der Waals surface area (Å²) in [5, 5.41) is 5.78. The Labute approximate surface area is 118 Å². The van der Waals surface area contributed by atoms with Crippen LogP contribution in [0.3, 0.4) is 0 Å². The first-order valence-corrected chi connectivity index (χ1v) is 6.71. The number of hydrogen-bond donors (Lipinski definition) is 2. The van der Waals surface area contributed by atoms with E-state index in [0.717, 1.165) is 23.0 Å². The fourth-order valence-corrected chi connectivity index (χ4v) is 2.58. The Morgan fingerprint density at radius 2 is 1.80 bits per heavy atom. The van der Waals surface area contributed by atoms with Crippen molar-refractivity contribution in [3.05, 3.63) is 65.9 Å². The first kappa shape index (κ1) is 12.8. The second kappa shape index (κ2) is 5.45. The van der Waals surface area contributed by atoms with Gasteiger partial charge in [-0.25, -0.2) is 0 Å². The maximum Gasteiger partial charge on any atom is 0.0889 e. The van der Waals surface area contributed by atoms with Crippen molar-refractivity contribution in [3.63, 3.8) is 0 Å². The van der Waals surface area contributed by atoms with E-state index >= 15 is 0 Å². The summed E-state index contributed by atoms with van der Waals surface area (Å²) in [5.74, 6) is 5.75. The van der Waals surface area contributed by atoms with Gasteiger partial charge in [0.25, 0.3) is 0 Å². The Hall–Kier alpha value is -2.17. The molecule has 20 heavy (non-hydrogen) atoms. The largest absolute Gasteiger partial charge is 0.271 e. The van der Waals surface area contributed by atoms with Crippen LogP contribution in [0, 0.1) is 0 Å². The molecule has 4 heteroatoms. The predicted molar refractivity (Wildman–Crippen MR) is 80.9 cm³/mol. The summed E-state index contributed by atoms with van der Waals surface area (Å²) >= 11 is 0. The molecular formula is C16H18N4. The molecule has 0 aliphatic rings. The molecule has 3 N–H and O–H groups in total. The summed E-state index contributed by atoms with van der Waals surface area (Å²) in [6, 6.07) is 18.5. The maximum absolute atomic E-state index is 5.75. The van der Waals surface area contributed by atoms with Gasteiger partial charge >= 0.3 is 0 Å². The van der Waals surface area contributed by atoms with Crippen LogP contribution in [0.1, 0.15) is 17.3 Å². The number of aromatic nitrogens is 2. The zero-order valence-corrected chi connectivity index (χ0v) is 11.5. The quantitative estimate of drug-likeness (QED) is 0.563. The monoisotopic (exact) mass is 266 g/mol. The highest BCUT2D eigenvalue weighted by Gasteiger charge is 2.18. The minimum Gasteiger partial charge on any atom is -0.271 e. The molecule has 0 aliphatic heterocycles. The van der Waals surface area contributed by atoms with Gasteiger partial charge < -0.3 is 0 Å². The van der Waals surface area contributed by atoms with Crippen molar-refractivity contribution < 1.29 is 0 Å². The SMILES string of the molecule is Cn1nc(C(Cc2ccccc2)NN)c2ccccc21. The zero-order valence-electron chi connectivity index (χ0n) is 11.5. The van der Waals surface area contributed by atoms with Gasteiger partial charge in [0, 0.05) is 12.4 Å². The van der Waals surface area contributed by atoms with E-state index in [4.69, 9.17) is 5.84 Å². The second-order valence-electron chi connectivity index (χ2n) is 4.93. The number of hydrogen-bond acceptors (Lipinski definition) is 3. The van der Waals surface area contributed by atoms with E-state index in [-0.39, 0.29) is 6.04 Å². The van der Waals surface area contributed by atoms with E-state index in [0.29, 0.717) is 0 Å².